The third-order valence-corrected chi connectivity index (χ3v) is 4.86. The Hall–Kier alpha value is -1.22. The third-order valence-electron chi connectivity index (χ3n) is 4.86. The van der Waals surface area contributed by atoms with E-state index in [1.807, 2.05) is 6.07 Å². The van der Waals surface area contributed by atoms with Crippen LogP contribution in [0, 0.1) is 11.8 Å². The van der Waals surface area contributed by atoms with E-state index in [1.165, 1.54) is 24.8 Å². The van der Waals surface area contributed by atoms with Crippen molar-refractivity contribution in [1.29, 1.82) is 0 Å². The van der Waals surface area contributed by atoms with Gasteiger partial charge in [0, 0.05) is 6.04 Å². The second-order valence-corrected chi connectivity index (χ2v) is 6.68. The lowest BCUT2D eigenvalue weighted by atomic mass is 9.80. The van der Waals surface area contributed by atoms with Gasteiger partial charge >= 0.3 is 0 Å². The molecule has 1 heterocycles. The van der Waals surface area contributed by atoms with Crippen LogP contribution in [0.15, 0.2) is 18.2 Å². The summed E-state index contributed by atoms with van der Waals surface area (Å²) in [6.45, 7) is 7.13. The van der Waals surface area contributed by atoms with E-state index in [9.17, 15) is 0 Å². The van der Waals surface area contributed by atoms with Crippen LogP contribution in [-0.2, 0) is 6.42 Å². The summed E-state index contributed by atoms with van der Waals surface area (Å²) in [5.41, 5.74) is 1.32. The Bertz CT molecular complexity index is 474. The molecule has 1 fully saturated rings. The van der Waals surface area contributed by atoms with Crippen LogP contribution in [0.25, 0.3) is 0 Å². The highest BCUT2D eigenvalue weighted by atomic mass is 16.6. The van der Waals surface area contributed by atoms with Crippen LogP contribution < -0.4 is 14.8 Å². The molecule has 3 atom stereocenters. The summed E-state index contributed by atoms with van der Waals surface area (Å²) in [7, 11) is 0. The van der Waals surface area contributed by atoms with Crippen LogP contribution >= 0.6 is 0 Å². The molecule has 116 valence electrons. The lowest BCUT2D eigenvalue weighted by Gasteiger charge is -2.33. The van der Waals surface area contributed by atoms with Gasteiger partial charge in [0.05, 0.1) is 0 Å². The molecule has 0 bridgehead atoms. The van der Waals surface area contributed by atoms with Crippen molar-refractivity contribution < 1.29 is 9.47 Å². The zero-order valence-electron chi connectivity index (χ0n) is 13.2. The molecule has 0 spiro atoms. The number of rotatable bonds is 4. The van der Waals surface area contributed by atoms with Crippen molar-refractivity contribution in [3.63, 3.8) is 0 Å². The maximum atomic E-state index is 5.64. The summed E-state index contributed by atoms with van der Waals surface area (Å²) >= 11 is 0. The number of nitrogens with one attached hydrogen (secondary N) is 1. The Morgan fingerprint density at radius 1 is 1.10 bits per heavy atom. The Morgan fingerprint density at radius 2 is 1.90 bits per heavy atom. The van der Waals surface area contributed by atoms with Crippen LogP contribution in [0.2, 0.25) is 0 Å². The van der Waals surface area contributed by atoms with Gasteiger partial charge in [-0.3, -0.25) is 0 Å². The third kappa shape index (κ3) is 3.70. The van der Waals surface area contributed by atoms with Crippen molar-refractivity contribution in [2.24, 2.45) is 11.8 Å². The molecule has 0 amide bonds. The molecule has 0 saturated heterocycles. The van der Waals surface area contributed by atoms with Gasteiger partial charge in [0.2, 0.25) is 0 Å². The molecular formula is C18H27NO2. The minimum absolute atomic E-state index is 0.659. The molecule has 3 heteroatoms. The molecule has 3 nitrogen and oxygen atoms in total. The molecular weight excluding hydrogens is 262 g/mol. The van der Waals surface area contributed by atoms with E-state index in [0.717, 1.165) is 36.3 Å². The average Bonchev–Trinajstić information content (AvgIpc) is 2.49. The first kappa shape index (κ1) is 14.7. The van der Waals surface area contributed by atoms with E-state index in [4.69, 9.17) is 9.47 Å². The topological polar surface area (TPSA) is 30.5 Å². The fourth-order valence-electron chi connectivity index (χ4n) is 3.61. The Balaban J connectivity index is 1.49. The molecule has 2 aliphatic rings. The predicted octanol–water partition coefficient (Wildman–Crippen LogP) is 3.41. The molecule has 21 heavy (non-hydrogen) atoms. The molecule has 1 aromatic carbocycles. The van der Waals surface area contributed by atoms with Gasteiger partial charge in [0.25, 0.3) is 0 Å². The van der Waals surface area contributed by atoms with Gasteiger partial charge in [-0.2, -0.15) is 0 Å². The van der Waals surface area contributed by atoms with Gasteiger partial charge in [-0.15, -0.1) is 0 Å². The van der Waals surface area contributed by atoms with Crippen molar-refractivity contribution in [3.8, 4) is 11.5 Å². The molecule has 3 rings (SSSR count). The van der Waals surface area contributed by atoms with Crippen molar-refractivity contribution in [3.05, 3.63) is 23.8 Å². The van der Waals surface area contributed by atoms with E-state index >= 15 is 0 Å². The maximum absolute atomic E-state index is 5.64. The lowest BCUT2D eigenvalue weighted by Crippen LogP contribution is -2.39. The minimum Gasteiger partial charge on any atom is -0.486 e. The highest BCUT2D eigenvalue weighted by Crippen LogP contribution is 2.31. The quantitative estimate of drug-likeness (QED) is 0.921. The van der Waals surface area contributed by atoms with Crippen LogP contribution in [0.5, 0.6) is 11.5 Å². The summed E-state index contributed by atoms with van der Waals surface area (Å²) in [4.78, 5) is 0. The number of benzene rings is 1. The first-order chi connectivity index (χ1) is 10.2. The first-order valence-electron chi connectivity index (χ1n) is 8.34. The Labute approximate surface area is 128 Å². The van der Waals surface area contributed by atoms with Gasteiger partial charge in [-0.25, -0.2) is 0 Å². The Morgan fingerprint density at radius 3 is 2.71 bits per heavy atom. The fraction of sp³-hybridized carbons (Fsp3) is 0.667. The summed E-state index contributed by atoms with van der Waals surface area (Å²) in [5.74, 6) is 3.48. The van der Waals surface area contributed by atoms with E-state index in [2.05, 4.69) is 31.3 Å². The number of hydrogen-bond acceptors (Lipinski definition) is 3. The molecule has 1 aromatic rings. The normalized spacial score (nSPS) is 28.4. The maximum Gasteiger partial charge on any atom is 0.161 e. The average molecular weight is 289 g/mol. The SMILES string of the molecule is CC1CCC(NCCc2ccc3c(c2)OCCO3)C(C)C1. The summed E-state index contributed by atoms with van der Waals surface area (Å²) < 4.78 is 11.2. The first-order valence-corrected chi connectivity index (χ1v) is 8.34. The minimum atomic E-state index is 0.659. The number of ether oxygens (including phenoxy) is 2. The second kappa shape index (κ2) is 6.69. The molecule has 1 N–H and O–H groups in total. The molecule has 1 aliphatic carbocycles. The highest BCUT2D eigenvalue weighted by molar-refractivity contribution is 5.43. The van der Waals surface area contributed by atoms with E-state index < -0.39 is 0 Å². The number of fused-ring (bicyclic) bond motifs is 1. The van der Waals surface area contributed by atoms with Crippen molar-refractivity contribution in [2.45, 2.75) is 45.6 Å². The molecule has 0 aromatic heterocycles. The summed E-state index contributed by atoms with van der Waals surface area (Å²) in [6, 6.07) is 7.01. The zero-order valence-corrected chi connectivity index (χ0v) is 13.2. The summed E-state index contributed by atoms with van der Waals surface area (Å²) in [5, 5.41) is 3.75. The van der Waals surface area contributed by atoms with Crippen molar-refractivity contribution >= 4 is 0 Å². The van der Waals surface area contributed by atoms with E-state index in [-0.39, 0.29) is 0 Å². The highest BCUT2D eigenvalue weighted by Gasteiger charge is 2.24. The van der Waals surface area contributed by atoms with E-state index in [1.54, 1.807) is 0 Å². The van der Waals surface area contributed by atoms with Crippen LogP contribution in [0.1, 0.15) is 38.7 Å². The molecule has 1 aliphatic heterocycles. The number of hydrogen-bond donors (Lipinski definition) is 1. The predicted molar refractivity (Wildman–Crippen MR) is 85.1 cm³/mol. The standard InChI is InChI=1S/C18H27NO2/c1-13-3-5-16(14(2)11-13)19-8-7-15-4-6-17-18(12-15)21-10-9-20-17/h4,6,12-14,16,19H,3,5,7-11H2,1-2H3. The van der Waals surface area contributed by atoms with Gasteiger partial charge < -0.3 is 14.8 Å². The van der Waals surface area contributed by atoms with Crippen LogP contribution in [0.4, 0.5) is 0 Å². The van der Waals surface area contributed by atoms with Gasteiger partial charge in [-0.1, -0.05) is 19.9 Å². The zero-order chi connectivity index (χ0) is 14.7. The largest absolute Gasteiger partial charge is 0.486 e. The molecule has 1 saturated carbocycles. The van der Waals surface area contributed by atoms with Gasteiger partial charge in [0.1, 0.15) is 13.2 Å². The van der Waals surface area contributed by atoms with Gasteiger partial charge in [-0.05, 0) is 61.8 Å². The smallest absolute Gasteiger partial charge is 0.161 e. The van der Waals surface area contributed by atoms with Crippen molar-refractivity contribution in [2.75, 3.05) is 19.8 Å². The fourth-order valence-corrected chi connectivity index (χ4v) is 3.61. The molecule has 0 radical (unpaired) electrons. The van der Waals surface area contributed by atoms with E-state index in [0.29, 0.717) is 19.3 Å². The molecule has 3 unspecified atom stereocenters. The monoisotopic (exact) mass is 289 g/mol. The lowest BCUT2D eigenvalue weighted by molar-refractivity contribution is 0.171. The van der Waals surface area contributed by atoms with Gasteiger partial charge in [0.15, 0.2) is 11.5 Å². The Kier molecular flexibility index (Phi) is 4.69. The second-order valence-electron chi connectivity index (χ2n) is 6.68. The van der Waals surface area contributed by atoms with Crippen LogP contribution in [-0.4, -0.2) is 25.8 Å². The summed E-state index contributed by atoms with van der Waals surface area (Å²) in [6.07, 6.45) is 5.10. The van der Waals surface area contributed by atoms with Crippen LogP contribution in [0.3, 0.4) is 0 Å². The van der Waals surface area contributed by atoms with Crippen molar-refractivity contribution in [1.82, 2.24) is 5.32 Å².